The van der Waals surface area contributed by atoms with Crippen molar-refractivity contribution in [2.45, 2.75) is 0 Å². The number of halogens is 1. The molecule has 1 aromatic heterocycles. The van der Waals surface area contributed by atoms with Gasteiger partial charge >= 0.3 is 0 Å². The normalized spacial score (nSPS) is 8.80. The number of H-pyrrole nitrogens is 1. The smallest absolute Gasteiger partial charge is 0.195 e. The molecule has 0 atom stereocenters. The molecule has 0 aliphatic carbocycles. The van der Waals surface area contributed by atoms with E-state index >= 15 is 0 Å². The first kappa shape index (κ1) is 6.49. The predicted molar refractivity (Wildman–Crippen MR) is 31.7 cm³/mol. The fraction of sp³-hybridized carbons (Fsp3) is 0. The number of hydrogen-bond acceptors (Lipinski definition) is 2. The van der Waals surface area contributed by atoms with Crippen LogP contribution in [0.15, 0.2) is 16.9 Å². The van der Waals surface area contributed by atoms with Crippen molar-refractivity contribution in [3.05, 3.63) is 34.0 Å². The number of aromatic amines is 1. The molecule has 0 saturated heterocycles. The number of rotatable bonds is 0. The zero-order valence-electron chi connectivity index (χ0n) is 4.89. The molecule has 0 spiro atoms. The van der Waals surface area contributed by atoms with Crippen molar-refractivity contribution in [2.24, 2.45) is 0 Å². The first-order valence-corrected chi connectivity index (χ1v) is 2.52. The Balaban J connectivity index is 3.36. The van der Waals surface area contributed by atoms with Crippen LogP contribution in [0.2, 0.25) is 0 Å². The lowest BCUT2D eigenvalue weighted by Crippen LogP contribution is -2.02. The molecule has 50 valence electrons. The van der Waals surface area contributed by atoms with Crippen LogP contribution in [0, 0.1) is 17.3 Å². The molecule has 0 aromatic carbocycles. The Bertz CT molecular complexity index is 336. The van der Waals surface area contributed by atoms with Crippen LogP contribution in [-0.4, -0.2) is 4.98 Å². The molecule has 1 N–H and O–H groups in total. The third-order valence-electron chi connectivity index (χ3n) is 0.930. The van der Waals surface area contributed by atoms with E-state index in [4.69, 9.17) is 5.26 Å². The highest BCUT2D eigenvalue weighted by molar-refractivity contribution is 5.18. The van der Waals surface area contributed by atoms with Crippen molar-refractivity contribution in [1.29, 1.82) is 5.26 Å². The third kappa shape index (κ3) is 1.20. The molecule has 1 aromatic rings. The summed E-state index contributed by atoms with van der Waals surface area (Å²) in [5, 5.41) is 8.20. The van der Waals surface area contributed by atoms with Gasteiger partial charge in [-0.2, -0.15) is 9.65 Å². The maximum Gasteiger partial charge on any atom is 0.195 e. The summed E-state index contributed by atoms with van der Waals surface area (Å²) >= 11 is 0. The largest absolute Gasteiger partial charge is 0.323 e. The summed E-state index contributed by atoms with van der Waals surface area (Å²) in [5.41, 5.74) is -0.571. The SMILES string of the molecule is N#Cc1cc(=O)cc(F)[nH]1. The minimum Gasteiger partial charge on any atom is -0.323 e. The number of hydrogen-bond donors (Lipinski definition) is 1. The lowest BCUT2D eigenvalue weighted by molar-refractivity contribution is 0.580. The monoisotopic (exact) mass is 138 g/mol. The molecule has 0 bridgehead atoms. The molecule has 0 aliphatic heterocycles. The Hall–Kier alpha value is -1.63. The topological polar surface area (TPSA) is 56.6 Å². The highest BCUT2D eigenvalue weighted by Crippen LogP contribution is 1.89. The van der Waals surface area contributed by atoms with Crippen molar-refractivity contribution in [2.75, 3.05) is 0 Å². The molecule has 4 heteroatoms. The maximum absolute atomic E-state index is 12.2. The van der Waals surface area contributed by atoms with Crippen molar-refractivity contribution < 1.29 is 4.39 Å². The highest BCUT2D eigenvalue weighted by atomic mass is 19.1. The van der Waals surface area contributed by atoms with Crippen molar-refractivity contribution in [1.82, 2.24) is 4.98 Å². The molecule has 0 saturated carbocycles. The maximum atomic E-state index is 12.2. The molecule has 0 amide bonds. The first-order valence-electron chi connectivity index (χ1n) is 2.52. The second kappa shape index (κ2) is 2.31. The van der Waals surface area contributed by atoms with Gasteiger partial charge in [-0.05, 0) is 0 Å². The Labute approximate surface area is 55.7 Å². The molecule has 0 radical (unpaired) electrons. The predicted octanol–water partition coefficient (Wildman–Crippen LogP) is 0.386. The Morgan fingerprint density at radius 2 is 2.30 bits per heavy atom. The van der Waals surface area contributed by atoms with E-state index in [1.165, 1.54) is 0 Å². The summed E-state index contributed by atoms with van der Waals surface area (Å²) < 4.78 is 12.2. The van der Waals surface area contributed by atoms with Gasteiger partial charge in [-0.3, -0.25) is 4.79 Å². The Morgan fingerprint density at radius 1 is 1.60 bits per heavy atom. The molecular weight excluding hydrogens is 135 g/mol. The van der Waals surface area contributed by atoms with Crippen LogP contribution in [0.25, 0.3) is 0 Å². The number of nitriles is 1. The quantitative estimate of drug-likeness (QED) is 0.527. The van der Waals surface area contributed by atoms with Gasteiger partial charge in [0, 0.05) is 12.1 Å². The fourth-order valence-electron chi connectivity index (χ4n) is 0.570. The van der Waals surface area contributed by atoms with Gasteiger partial charge in [0.1, 0.15) is 11.8 Å². The summed E-state index contributed by atoms with van der Waals surface area (Å²) in [7, 11) is 0. The van der Waals surface area contributed by atoms with E-state index < -0.39 is 11.4 Å². The average Bonchev–Trinajstić information content (AvgIpc) is 1.85. The van der Waals surface area contributed by atoms with Gasteiger partial charge in [0.05, 0.1) is 0 Å². The van der Waals surface area contributed by atoms with Crippen LogP contribution in [0.4, 0.5) is 4.39 Å². The zero-order chi connectivity index (χ0) is 7.56. The van der Waals surface area contributed by atoms with Gasteiger partial charge < -0.3 is 4.98 Å². The average molecular weight is 138 g/mol. The highest BCUT2D eigenvalue weighted by Gasteiger charge is 1.94. The van der Waals surface area contributed by atoms with Gasteiger partial charge in [0.15, 0.2) is 11.4 Å². The molecule has 0 aliphatic rings. The standard InChI is InChI=1S/C6H3FN2O/c7-6-2-5(10)1-4(3-8)9-6/h1-2H,(H,9,10). The van der Waals surface area contributed by atoms with Gasteiger partial charge in [0.25, 0.3) is 0 Å². The zero-order valence-corrected chi connectivity index (χ0v) is 4.89. The van der Waals surface area contributed by atoms with Gasteiger partial charge in [-0.1, -0.05) is 0 Å². The van der Waals surface area contributed by atoms with Gasteiger partial charge in [0.2, 0.25) is 0 Å². The van der Waals surface area contributed by atoms with E-state index in [9.17, 15) is 9.18 Å². The second-order valence-electron chi connectivity index (χ2n) is 1.69. The summed E-state index contributed by atoms with van der Waals surface area (Å²) in [6, 6.07) is 3.42. The molecular formula is C6H3FN2O. The summed E-state index contributed by atoms with van der Waals surface area (Å²) in [5.74, 6) is -0.788. The van der Waals surface area contributed by atoms with Crippen molar-refractivity contribution in [3.63, 3.8) is 0 Å². The van der Waals surface area contributed by atoms with E-state index in [-0.39, 0.29) is 5.69 Å². The molecule has 10 heavy (non-hydrogen) atoms. The summed E-state index contributed by atoms with van der Waals surface area (Å²) in [6.07, 6.45) is 0. The molecule has 3 nitrogen and oxygen atoms in total. The number of aromatic nitrogens is 1. The Kier molecular flexibility index (Phi) is 1.50. The van der Waals surface area contributed by atoms with Crippen LogP contribution in [-0.2, 0) is 0 Å². The second-order valence-corrected chi connectivity index (χ2v) is 1.69. The van der Waals surface area contributed by atoms with Crippen LogP contribution in [0.5, 0.6) is 0 Å². The number of nitrogens with one attached hydrogen (secondary N) is 1. The molecule has 0 fully saturated rings. The van der Waals surface area contributed by atoms with Crippen LogP contribution >= 0.6 is 0 Å². The Morgan fingerprint density at radius 3 is 2.80 bits per heavy atom. The van der Waals surface area contributed by atoms with Gasteiger partial charge in [-0.15, -0.1) is 0 Å². The molecule has 1 rings (SSSR count). The minimum atomic E-state index is -0.788. The lowest BCUT2D eigenvalue weighted by Gasteiger charge is -1.87. The van der Waals surface area contributed by atoms with E-state index in [0.29, 0.717) is 0 Å². The van der Waals surface area contributed by atoms with Crippen molar-refractivity contribution in [3.8, 4) is 6.07 Å². The summed E-state index contributed by atoms with van der Waals surface area (Å²) in [6.45, 7) is 0. The fourth-order valence-corrected chi connectivity index (χ4v) is 0.570. The molecule has 1 heterocycles. The number of pyridine rings is 1. The molecule has 0 unspecified atom stereocenters. The van der Waals surface area contributed by atoms with Crippen LogP contribution in [0.1, 0.15) is 5.69 Å². The third-order valence-corrected chi connectivity index (χ3v) is 0.930. The first-order chi connectivity index (χ1) is 4.72. The number of nitrogens with zero attached hydrogens (tertiary/aromatic N) is 1. The summed E-state index contributed by atoms with van der Waals surface area (Å²) in [4.78, 5) is 12.5. The van der Waals surface area contributed by atoms with E-state index in [0.717, 1.165) is 12.1 Å². The van der Waals surface area contributed by atoms with E-state index in [1.807, 2.05) is 0 Å². The van der Waals surface area contributed by atoms with E-state index in [2.05, 4.69) is 4.98 Å². The lowest BCUT2D eigenvalue weighted by atomic mass is 10.4. The van der Waals surface area contributed by atoms with E-state index in [1.54, 1.807) is 6.07 Å². The van der Waals surface area contributed by atoms with Crippen LogP contribution < -0.4 is 5.43 Å². The van der Waals surface area contributed by atoms with Gasteiger partial charge in [-0.25, -0.2) is 0 Å². The minimum absolute atomic E-state index is 0.0648. The van der Waals surface area contributed by atoms with Crippen molar-refractivity contribution >= 4 is 0 Å². The van der Waals surface area contributed by atoms with Crippen LogP contribution in [0.3, 0.4) is 0 Å².